The summed E-state index contributed by atoms with van der Waals surface area (Å²) >= 11 is 0. The summed E-state index contributed by atoms with van der Waals surface area (Å²) in [6.45, 7) is 8.65. The van der Waals surface area contributed by atoms with Crippen molar-refractivity contribution in [2.24, 2.45) is 0 Å². The van der Waals surface area contributed by atoms with Crippen molar-refractivity contribution in [3.05, 3.63) is 0 Å². The second-order valence-electron chi connectivity index (χ2n) is 6.79. The minimum Gasteiger partial charge on any atom is -0.465 e. The third-order valence-corrected chi connectivity index (χ3v) is 4.97. The van der Waals surface area contributed by atoms with Crippen LogP contribution < -0.4 is 5.32 Å². The molecule has 4 heteroatoms. The number of hydrogen-bond donors (Lipinski definition) is 1. The molecule has 1 unspecified atom stereocenters. The quantitative estimate of drug-likeness (QED) is 0.664. The highest BCUT2D eigenvalue weighted by atomic mass is 16.5. The average molecular weight is 296 g/mol. The zero-order valence-electron chi connectivity index (χ0n) is 14.0. The van der Waals surface area contributed by atoms with Gasteiger partial charge in [-0.15, -0.1) is 0 Å². The molecule has 0 spiro atoms. The van der Waals surface area contributed by atoms with Crippen LogP contribution in [0.25, 0.3) is 0 Å². The molecular formula is C17H32N2O2. The van der Waals surface area contributed by atoms with Gasteiger partial charge in [-0.3, -0.25) is 10.1 Å². The Morgan fingerprint density at radius 1 is 1.24 bits per heavy atom. The summed E-state index contributed by atoms with van der Waals surface area (Å²) in [6.07, 6.45) is 8.57. The first kappa shape index (κ1) is 16.8. The fourth-order valence-corrected chi connectivity index (χ4v) is 3.44. The lowest BCUT2D eigenvalue weighted by Crippen LogP contribution is -2.53. The van der Waals surface area contributed by atoms with Crippen molar-refractivity contribution in [1.29, 1.82) is 0 Å². The first-order valence-electron chi connectivity index (χ1n) is 8.78. The molecule has 1 atom stereocenters. The molecule has 0 heterocycles. The fraction of sp³-hybridized carbons (Fsp3) is 0.941. The maximum absolute atomic E-state index is 12.3. The van der Waals surface area contributed by atoms with E-state index >= 15 is 0 Å². The Morgan fingerprint density at radius 3 is 2.43 bits per heavy atom. The van der Waals surface area contributed by atoms with Crippen LogP contribution in [0, 0.1) is 0 Å². The number of rotatable bonds is 9. The van der Waals surface area contributed by atoms with E-state index in [1.54, 1.807) is 0 Å². The van der Waals surface area contributed by atoms with E-state index in [0.29, 0.717) is 12.6 Å². The molecule has 0 radical (unpaired) electrons. The first-order valence-corrected chi connectivity index (χ1v) is 8.78. The summed E-state index contributed by atoms with van der Waals surface area (Å²) < 4.78 is 5.31. The van der Waals surface area contributed by atoms with Crippen molar-refractivity contribution in [3.8, 4) is 0 Å². The maximum atomic E-state index is 12.3. The molecule has 2 rings (SSSR count). The van der Waals surface area contributed by atoms with Gasteiger partial charge in [0.1, 0.15) is 5.54 Å². The molecule has 1 N–H and O–H groups in total. The number of esters is 1. The smallest absolute Gasteiger partial charge is 0.326 e. The standard InChI is InChI=1S/C17H32N2O2/c1-4-19(15-8-6-7-9-15)13-12-17(3,16(20)21-5-2)18-14-10-11-14/h14-15,18H,4-13H2,1-3H3. The molecule has 122 valence electrons. The van der Waals surface area contributed by atoms with Gasteiger partial charge in [0, 0.05) is 18.6 Å². The van der Waals surface area contributed by atoms with Crippen molar-refractivity contribution in [2.45, 2.75) is 83.3 Å². The Morgan fingerprint density at radius 2 is 1.90 bits per heavy atom. The van der Waals surface area contributed by atoms with Crippen LogP contribution in [-0.4, -0.2) is 48.2 Å². The maximum Gasteiger partial charge on any atom is 0.326 e. The summed E-state index contributed by atoms with van der Waals surface area (Å²) in [7, 11) is 0. The van der Waals surface area contributed by atoms with Gasteiger partial charge in [-0.05, 0) is 52.5 Å². The Hall–Kier alpha value is -0.610. The molecule has 2 saturated carbocycles. The van der Waals surface area contributed by atoms with E-state index in [-0.39, 0.29) is 5.97 Å². The largest absolute Gasteiger partial charge is 0.465 e. The SMILES string of the molecule is CCOC(=O)C(C)(CCN(CC)C1CCCC1)NC1CC1. The van der Waals surface area contributed by atoms with Crippen LogP contribution in [0.2, 0.25) is 0 Å². The van der Waals surface area contributed by atoms with Crippen molar-refractivity contribution in [2.75, 3.05) is 19.7 Å². The number of carbonyl (C=O) groups excluding carboxylic acids is 1. The Balaban J connectivity index is 1.91. The van der Waals surface area contributed by atoms with Crippen molar-refractivity contribution < 1.29 is 9.53 Å². The molecule has 21 heavy (non-hydrogen) atoms. The van der Waals surface area contributed by atoms with Gasteiger partial charge < -0.3 is 9.64 Å². The summed E-state index contributed by atoms with van der Waals surface area (Å²) in [4.78, 5) is 14.9. The van der Waals surface area contributed by atoms with Gasteiger partial charge in [-0.1, -0.05) is 19.8 Å². The monoisotopic (exact) mass is 296 g/mol. The zero-order valence-corrected chi connectivity index (χ0v) is 14.0. The lowest BCUT2D eigenvalue weighted by Gasteiger charge is -2.33. The van der Waals surface area contributed by atoms with Gasteiger partial charge in [-0.2, -0.15) is 0 Å². The minimum absolute atomic E-state index is 0.0839. The first-order chi connectivity index (χ1) is 10.1. The van der Waals surface area contributed by atoms with Crippen LogP contribution >= 0.6 is 0 Å². The number of ether oxygens (including phenoxy) is 1. The van der Waals surface area contributed by atoms with Crippen molar-refractivity contribution in [1.82, 2.24) is 10.2 Å². The molecule has 4 nitrogen and oxygen atoms in total. The van der Waals surface area contributed by atoms with Gasteiger partial charge in [0.15, 0.2) is 0 Å². The topological polar surface area (TPSA) is 41.6 Å². The summed E-state index contributed by atoms with van der Waals surface area (Å²) in [5, 5.41) is 3.52. The zero-order chi connectivity index (χ0) is 15.3. The molecular weight excluding hydrogens is 264 g/mol. The van der Waals surface area contributed by atoms with E-state index in [9.17, 15) is 4.79 Å². The van der Waals surface area contributed by atoms with Gasteiger partial charge in [0.25, 0.3) is 0 Å². The number of nitrogens with one attached hydrogen (secondary N) is 1. The van der Waals surface area contributed by atoms with Gasteiger partial charge in [0.05, 0.1) is 6.61 Å². The van der Waals surface area contributed by atoms with E-state index in [1.165, 1.54) is 38.5 Å². The second-order valence-corrected chi connectivity index (χ2v) is 6.79. The van der Waals surface area contributed by atoms with Crippen LogP contribution in [0.3, 0.4) is 0 Å². The molecule has 0 aromatic carbocycles. The number of nitrogens with zero attached hydrogens (tertiary/aromatic N) is 1. The molecule has 2 aliphatic carbocycles. The average Bonchev–Trinajstić information content (AvgIpc) is 3.10. The molecule has 2 fully saturated rings. The predicted octanol–water partition coefficient (Wildman–Crippen LogP) is 2.71. The normalized spacial score (nSPS) is 22.5. The van der Waals surface area contributed by atoms with Crippen molar-refractivity contribution >= 4 is 5.97 Å². The molecule has 0 bridgehead atoms. The van der Waals surface area contributed by atoms with E-state index in [1.807, 2.05) is 13.8 Å². The highest BCUT2D eigenvalue weighted by molar-refractivity contribution is 5.80. The predicted molar refractivity (Wildman–Crippen MR) is 85.3 cm³/mol. The third kappa shape index (κ3) is 4.68. The second kappa shape index (κ2) is 7.59. The van der Waals surface area contributed by atoms with E-state index in [0.717, 1.165) is 25.6 Å². The summed E-state index contributed by atoms with van der Waals surface area (Å²) in [6, 6.07) is 1.24. The van der Waals surface area contributed by atoms with Crippen LogP contribution in [0.5, 0.6) is 0 Å². The van der Waals surface area contributed by atoms with Crippen LogP contribution in [0.15, 0.2) is 0 Å². The highest BCUT2D eigenvalue weighted by Crippen LogP contribution is 2.27. The Labute approximate surface area is 129 Å². The van der Waals surface area contributed by atoms with Gasteiger partial charge in [0.2, 0.25) is 0 Å². The van der Waals surface area contributed by atoms with Gasteiger partial charge in [-0.25, -0.2) is 0 Å². The fourth-order valence-electron chi connectivity index (χ4n) is 3.44. The van der Waals surface area contributed by atoms with E-state index < -0.39 is 5.54 Å². The Kier molecular flexibility index (Phi) is 6.06. The summed E-state index contributed by atoms with van der Waals surface area (Å²) in [5.74, 6) is -0.0839. The van der Waals surface area contributed by atoms with Crippen LogP contribution in [0.1, 0.15) is 65.7 Å². The van der Waals surface area contributed by atoms with Gasteiger partial charge >= 0.3 is 5.97 Å². The Bertz CT molecular complexity index is 338. The highest BCUT2D eigenvalue weighted by Gasteiger charge is 2.40. The lowest BCUT2D eigenvalue weighted by molar-refractivity contribution is -0.151. The third-order valence-electron chi connectivity index (χ3n) is 4.97. The molecule has 2 aliphatic rings. The lowest BCUT2D eigenvalue weighted by atomic mass is 9.96. The summed E-state index contributed by atoms with van der Waals surface area (Å²) in [5.41, 5.74) is -0.525. The number of carbonyl (C=O) groups is 1. The van der Waals surface area contributed by atoms with Crippen LogP contribution in [0.4, 0.5) is 0 Å². The molecule has 0 aromatic rings. The molecule has 0 aromatic heterocycles. The number of hydrogen-bond acceptors (Lipinski definition) is 4. The minimum atomic E-state index is -0.525. The van der Waals surface area contributed by atoms with Crippen LogP contribution in [-0.2, 0) is 9.53 Å². The van der Waals surface area contributed by atoms with E-state index in [2.05, 4.69) is 17.1 Å². The van der Waals surface area contributed by atoms with E-state index in [4.69, 9.17) is 4.74 Å². The molecule has 0 aliphatic heterocycles. The molecule has 0 saturated heterocycles. The van der Waals surface area contributed by atoms with Crippen molar-refractivity contribution in [3.63, 3.8) is 0 Å². The molecule has 0 amide bonds.